The average molecular weight is 155 g/mol. The van der Waals surface area contributed by atoms with E-state index in [0.29, 0.717) is 12.0 Å². The Kier molecular flexibility index (Phi) is 1.60. The third kappa shape index (κ3) is 1.03. The molecule has 1 heterocycles. The van der Waals surface area contributed by atoms with Crippen molar-refractivity contribution in [2.75, 3.05) is 13.7 Å². The Labute approximate surface area is 66.1 Å². The second-order valence-corrected chi connectivity index (χ2v) is 3.47. The molecule has 0 amide bonds. The minimum atomic E-state index is -0.0148. The van der Waals surface area contributed by atoms with Crippen LogP contribution in [-0.4, -0.2) is 25.7 Å². The second-order valence-electron chi connectivity index (χ2n) is 3.47. The van der Waals surface area contributed by atoms with Gasteiger partial charge in [0.05, 0.1) is 13.0 Å². The van der Waals surface area contributed by atoms with Gasteiger partial charge in [-0.05, 0) is 25.3 Å². The Bertz CT molecular complexity index is 181. The number of piperidine rings is 1. The van der Waals surface area contributed by atoms with E-state index in [1.807, 2.05) is 0 Å². The molecule has 0 aromatic rings. The molecule has 0 radical (unpaired) electrons. The van der Waals surface area contributed by atoms with Crippen LogP contribution >= 0.6 is 0 Å². The highest BCUT2D eigenvalue weighted by Crippen LogP contribution is 2.36. The standard InChI is InChI=1S/C8H13NO2/c1-11-8(10)7-3-6-2-5(7)4-9-6/h5-7,9H,2-4H2,1H3/t5-,6-,7?/m0/s1. The monoisotopic (exact) mass is 155 g/mol. The van der Waals surface area contributed by atoms with E-state index in [4.69, 9.17) is 4.74 Å². The smallest absolute Gasteiger partial charge is 0.309 e. The summed E-state index contributed by atoms with van der Waals surface area (Å²) in [6, 6.07) is 0.587. The fraction of sp³-hybridized carbons (Fsp3) is 0.875. The van der Waals surface area contributed by atoms with Crippen molar-refractivity contribution in [3.05, 3.63) is 0 Å². The summed E-state index contributed by atoms with van der Waals surface area (Å²) in [5.41, 5.74) is 0. The lowest BCUT2D eigenvalue weighted by Crippen LogP contribution is -2.33. The fourth-order valence-electron chi connectivity index (χ4n) is 2.28. The van der Waals surface area contributed by atoms with Gasteiger partial charge in [0.25, 0.3) is 0 Å². The van der Waals surface area contributed by atoms with E-state index in [-0.39, 0.29) is 11.9 Å². The summed E-state index contributed by atoms with van der Waals surface area (Å²) in [7, 11) is 1.47. The molecule has 62 valence electrons. The zero-order chi connectivity index (χ0) is 7.84. The molecule has 1 aliphatic carbocycles. The maximum atomic E-state index is 11.2. The summed E-state index contributed by atoms with van der Waals surface area (Å²) in [6.07, 6.45) is 2.15. The van der Waals surface area contributed by atoms with Gasteiger partial charge in [0.1, 0.15) is 0 Å². The van der Waals surface area contributed by atoms with Gasteiger partial charge in [0.15, 0.2) is 0 Å². The van der Waals surface area contributed by atoms with E-state index in [1.165, 1.54) is 13.5 Å². The molecule has 1 saturated carbocycles. The largest absolute Gasteiger partial charge is 0.469 e. The molecule has 2 aliphatic rings. The van der Waals surface area contributed by atoms with Crippen LogP contribution in [0.3, 0.4) is 0 Å². The molecule has 3 atom stereocenters. The molecule has 0 aromatic heterocycles. The highest BCUT2D eigenvalue weighted by Gasteiger charge is 2.43. The van der Waals surface area contributed by atoms with E-state index in [0.717, 1.165) is 13.0 Å². The number of nitrogens with one attached hydrogen (secondary N) is 1. The van der Waals surface area contributed by atoms with Crippen LogP contribution in [0.15, 0.2) is 0 Å². The summed E-state index contributed by atoms with van der Waals surface area (Å²) in [4.78, 5) is 11.2. The Balaban J connectivity index is 2.02. The van der Waals surface area contributed by atoms with Crippen LogP contribution in [-0.2, 0) is 9.53 Å². The molecule has 1 unspecified atom stereocenters. The lowest BCUT2D eigenvalue weighted by Gasteiger charge is -2.19. The first kappa shape index (κ1) is 7.10. The highest BCUT2D eigenvalue weighted by atomic mass is 16.5. The number of carbonyl (C=O) groups excluding carboxylic acids is 1. The molecule has 0 spiro atoms. The van der Waals surface area contributed by atoms with Crippen LogP contribution in [0.2, 0.25) is 0 Å². The number of hydrogen-bond acceptors (Lipinski definition) is 3. The minimum Gasteiger partial charge on any atom is -0.469 e. The van der Waals surface area contributed by atoms with Crippen LogP contribution in [0.4, 0.5) is 0 Å². The van der Waals surface area contributed by atoms with Gasteiger partial charge in [0, 0.05) is 6.04 Å². The molecule has 3 heteroatoms. The number of ether oxygens (including phenoxy) is 1. The maximum Gasteiger partial charge on any atom is 0.309 e. The van der Waals surface area contributed by atoms with Crippen molar-refractivity contribution < 1.29 is 9.53 Å². The topological polar surface area (TPSA) is 38.3 Å². The molecular formula is C8H13NO2. The van der Waals surface area contributed by atoms with E-state index in [1.54, 1.807) is 0 Å². The van der Waals surface area contributed by atoms with Crippen molar-refractivity contribution >= 4 is 5.97 Å². The molecular weight excluding hydrogens is 142 g/mol. The Hall–Kier alpha value is -0.570. The molecule has 1 N–H and O–H groups in total. The highest BCUT2D eigenvalue weighted by molar-refractivity contribution is 5.73. The van der Waals surface area contributed by atoms with Crippen molar-refractivity contribution in [1.29, 1.82) is 0 Å². The van der Waals surface area contributed by atoms with Crippen LogP contribution in [0.5, 0.6) is 0 Å². The van der Waals surface area contributed by atoms with Crippen LogP contribution < -0.4 is 5.32 Å². The number of rotatable bonds is 1. The molecule has 1 aliphatic heterocycles. The lowest BCUT2D eigenvalue weighted by molar-refractivity contribution is -0.146. The Morgan fingerprint density at radius 2 is 2.36 bits per heavy atom. The Morgan fingerprint density at radius 3 is 2.82 bits per heavy atom. The van der Waals surface area contributed by atoms with Crippen molar-refractivity contribution in [3.8, 4) is 0 Å². The molecule has 2 rings (SSSR count). The molecule has 1 saturated heterocycles. The molecule has 11 heavy (non-hydrogen) atoms. The molecule has 3 nitrogen and oxygen atoms in total. The van der Waals surface area contributed by atoms with E-state index >= 15 is 0 Å². The summed E-state index contributed by atoms with van der Waals surface area (Å²) in [5.74, 6) is 0.720. The van der Waals surface area contributed by atoms with Crippen LogP contribution in [0.1, 0.15) is 12.8 Å². The average Bonchev–Trinajstić information content (AvgIpc) is 2.62. The summed E-state index contributed by atoms with van der Waals surface area (Å²) >= 11 is 0. The Morgan fingerprint density at radius 1 is 1.55 bits per heavy atom. The van der Waals surface area contributed by atoms with E-state index in [9.17, 15) is 4.79 Å². The van der Waals surface area contributed by atoms with Gasteiger partial charge >= 0.3 is 5.97 Å². The third-order valence-electron chi connectivity index (χ3n) is 2.87. The number of hydrogen-bond donors (Lipinski definition) is 1. The van der Waals surface area contributed by atoms with Gasteiger partial charge in [-0.15, -0.1) is 0 Å². The zero-order valence-corrected chi connectivity index (χ0v) is 6.67. The normalized spacial score (nSPS) is 41.0. The summed E-state index contributed by atoms with van der Waals surface area (Å²) in [6.45, 7) is 1.00. The van der Waals surface area contributed by atoms with Crippen LogP contribution in [0, 0.1) is 11.8 Å². The maximum absolute atomic E-state index is 11.2. The first-order valence-electron chi connectivity index (χ1n) is 4.12. The zero-order valence-electron chi connectivity index (χ0n) is 6.67. The van der Waals surface area contributed by atoms with Gasteiger partial charge in [0.2, 0.25) is 0 Å². The van der Waals surface area contributed by atoms with Gasteiger partial charge in [-0.1, -0.05) is 0 Å². The quantitative estimate of drug-likeness (QED) is 0.548. The van der Waals surface area contributed by atoms with E-state index in [2.05, 4.69) is 5.32 Å². The second kappa shape index (κ2) is 2.48. The summed E-state index contributed by atoms with van der Waals surface area (Å²) < 4.78 is 4.72. The lowest BCUT2D eigenvalue weighted by atomic mass is 9.96. The van der Waals surface area contributed by atoms with E-state index < -0.39 is 0 Å². The van der Waals surface area contributed by atoms with Crippen molar-refractivity contribution in [1.82, 2.24) is 5.32 Å². The first-order valence-corrected chi connectivity index (χ1v) is 4.12. The van der Waals surface area contributed by atoms with Crippen LogP contribution in [0.25, 0.3) is 0 Å². The minimum absolute atomic E-state index is 0.0148. The number of carbonyl (C=O) groups is 1. The number of methoxy groups -OCH3 is 1. The molecule has 2 bridgehead atoms. The van der Waals surface area contributed by atoms with Gasteiger partial charge in [-0.2, -0.15) is 0 Å². The molecule has 0 aromatic carbocycles. The van der Waals surface area contributed by atoms with Gasteiger partial charge in [-0.25, -0.2) is 0 Å². The molecule has 2 fully saturated rings. The predicted octanol–water partition coefficient (Wildman–Crippen LogP) is 0.157. The van der Waals surface area contributed by atoms with Crippen molar-refractivity contribution in [2.45, 2.75) is 18.9 Å². The SMILES string of the molecule is COC(=O)C1C[C@@H]2C[C@H]1CN2. The predicted molar refractivity (Wildman–Crippen MR) is 40.0 cm³/mol. The third-order valence-corrected chi connectivity index (χ3v) is 2.87. The summed E-state index contributed by atoms with van der Waals surface area (Å²) in [5, 5.41) is 3.36. The van der Waals surface area contributed by atoms with Gasteiger partial charge in [-0.3, -0.25) is 4.79 Å². The van der Waals surface area contributed by atoms with Crippen molar-refractivity contribution in [2.24, 2.45) is 11.8 Å². The number of fused-ring (bicyclic) bond motifs is 2. The number of esters is 1. The first-order chi connectivity index (χ1) is 5.31. The van der Waals surface area contributed by atoms with Gasteiger partial charge < -0.3 is 10.1 Å². The fourth-order valence-corrected chi connectivity index (χ4v) is 2.28. The van der Waals surface area contributed by atoms with Crippen molar-refractivity contribution in [3.63, 3.8) is 0 Å².